The lowest BCUT2D eigenvalue weighted by molar-refractivity contribution is 0.0733. The van der Waals surface area contributed by atoms with E-state index < -0.39 is 18.2 Å². The Kier molecular flexibility index (Phi) is 5.70. The Labute approximate surface area is 175 Å². The van der Waals surface area contributed by atoms with Gasteiger partial charge in [-0.3, -0.25) is 4.79 Å². The van der Waals surface area contributed by atoms with Gasteiger partial charge in [0.15, 0.2) is 5.82 Å². The molecule has 0 aliphatic rings. The molecule has 0 atom stereocenters. The van der Waals surface area contributed by atoms with E-state index in [1.807, 2.05) is 30.3 Å². The first-order valence-electron chi connectivity index (χ1n) is 9.42. The monoisotopic (exact) mass is 421 g/mol. The largest absolute Gasteiger partial charge is 0.423 e. The molecule has 1 heterocycles. The highest BCUT2D eigenvalue weighted by atomic mass is 19.3. The number of benzene rings is 3. The summed E-state index contributed by atoms with van der Waals surface area (Å²) >= 11 is 0. The lowest BCUT2D eigenvalue weighted by atomic mass is 10.1. The van der Waals surface area contributed by atoms with Crippen LogP contribution in [0.4, 0.5) is 8.78 Å². The number of imidazole rings is 1. The molecule has 8 heteroatoms. The van der Waals surface area contributed by atoms with Crippen molar-refractivity contribution in [3.63, 3.8) is 0 Å². The van der Waals surface area contributed by atoms with Gasteiger partial charge in [-0.1, -0.05) is 36.4 Å². The van der Waals surface area contributed by atoms with Crippen molar-refractivity contribution < 1.29 is 23.1 Å². The number of hydrogen-bond acceptors (Lipinski definition) is 4. The van der Waals surface area contributed by atoms with Crippen molar-refractivity contribution in [2.45, 2.75) is 13.0 Å². The van der Waals surface area contributed by atoms with Crippen LogP contribution in [0, 0.1) is 0 Å². The second kappa shape index (κ2) is 8.74. The fourth-order valence-electron chi connectivity index (χ4n) is 3.01. The van der Waals surface area contributed by atoms with Crippen molar-refractivity contribution in [1.29, 1.82) is 0 Å². The van der Waals surface area contributed by atoms with Crippen LogP contribution in [-0.4, -0.2) is 21.8 Å². The highest BCUT2D eigenvalue weighted by Crippen LogP contribution is 2.22. The summed E-state index contributed by atoms with van der Waals surface area (Å²) < 4.78 is 30.9. The minimum atomic E-state index is -2.74. The minimum absolute atomic E-state index is 0.163. The zero-order valence-electron chi connectivity index (χ0n) is 16.1. The summed E-state index contributed by atoms with van der Waals surface area (Å²) in [7, 11) is 0. The minimum Gasteiger partial charge on any atom is -0.423 e. The van der Waals surface area contributed by atoms with E-state index in [1.165, 1.54) is 24.3 Å². The van der Waals surface area contributed by atoms with Crippen LogP contribution in [0.3, 0.4) is 0 Å². The molecule has 0 unspecified atom stereocenters. The van der Waals surface area contributed by atoms with Crippen LogP contribution < -0.4 is 10.1 Å². The highest BCUT2D eigenvalue weighted by molar-refractivity contribution is 5.96. The second-order valence-electron chi connectivity index (χ2n) is 6.74. The second-order valence-corrected chi connectivity index (χ2v) is 6.74. The molecule has 0 spiro atoms. The van der Waals surface area contributed by atoms with Gasteiger partial charge in [-0.25, -0.2) is 18.6 Å². The number of aromatic nitrogens is 2. The highest BCUT2D eigenvalue weighted by Gasteiger charge is 2.16. The summed E-state index contributed by atoms with van der Waals surface area (Å²) in [6, 6.07) is 20.0. The maximum Gasteiger partial charge on any atom is 0.343 e. The Bertz CT molecular complexity index is 1240. The molecule has 0 bridgehead atoms. The number of nitrogens with one attached hydrogen (secondary N) is 2. The lowest BCUT2D eigenvalue weighted by Crippen LogP contribution is -2.22. The third-order valence-corrected chi connectivity index (χ3v) is 4.55. The van der Waals surface area contributed by atoms with E-state index >= 15 is 0 Å². The van der Waals surface area contributed by atoms with E-state index in [0.717, 1.165) is 5.56 Å². The van der Waals surface area contributed by atoms with E-state index in [2.05, 4.69) is 15.3 Å². The molecule has 0 radical (unpaired) electrons. The molecule has 4 aromatic rings. The van der Waals surface area contributed by atoms with Crippen molar-refractivity contribution in [3.8, 4) is 5.75 Å². The number of rotatable bonds is 6. The van der Waals surface area contributed by atoms with Gasteiger partial charge in [0.25, 0.3) is 12.3 Å². The van der Waals surface area contributed by atoms with Crippen molar-refractivity contribution in [3.05, 3.63) is 95.3 Å². The molecule has 156 valence electrons. The summed E-state index contributed by atoms with van der Waals surface area (Å²) in [5, 5.41) is 2.81. The Morgan fingerprint density at radius 3 is 2.55 bits per heavy atom. The molecule has 0 aliphatic carbocycles. The van der Waals surface area contributed by atoms with E-state index in [9.17, 15) is 18.4 Å². The van der Waals surface area contributed by atoms with E-state index in [-0.39, 0.29) is 17.2 Å². The third kappa shape index (κ3) is 4.75. The quantitative estimate of drug-likeness (QED) is 0.351. The van der Waals surface area contributed by atoms with Crippen LogP contribution in [0.2, 0.25) is 0 Å². The summed E-state index contributed by atoms with van der Waals surface area (Å²) in [5.74, 6) is -1.26. The van der Waals surface area contributed by atoms with Crippen LogP contribution in [-0.2, 0) is 6.54 Å². The SMILES string of the molecule is O=C(NCc1ccccc1)c1cccc(OC(=O)c2ccc3nc(C(F)F)[nH]c3c2)c1. The number of ether oxygens (including phenoxy) is 1. The van der Waals surface area contributed by atoms with Crippen LogP contribution in [0.15, 0.2) is 72.8 Å². The number of halogens is 2. The number of esters is 1. The summed E-state index contributed by atoms with van der Waals surface area (Å²) in [5.41, 5.74) is 2.09. The van der Waals surface area contributed by atoms with Crippen LogP contribution in [0.25, 0.3) is 11.0 Å². The number of fused-ring (bicyclic) bond motifs is 1. The molecule has 4 rings (SSSR count). The van der Waals surface area contributed by atoms with Gasteiger partial charge in [-0.05, 0) is 42.0 Å². The molecule has 1 amide bonds. The van der Waals surface area contributed by atoms with Crippen LogP contribution >= 0.6 is 0 Å². The summed E-state index contributed by atoms with van der Waals surface area (Å²) in [4.78, 5) is 31.1. The van der Waals surface area contributed by atoms with Crippen molar-refractivity contribution in [2.24, 2.45) is 0 Å². The van der Waals surface area contributed by atoms with Gasteiger partial charge in [0, 0.05) is 12.1 Å². The molecule has 31 heavy (non-hydrogen) atoms. The van der Waals surface area contributed by atoms with E-state index in [0.29, 0.717) is 23.1 Å². The third-order valence-electron chi connectivity index (χ3n) is 4.55. The standard InChI is InChI=1S/C23H17F2N3O3/c24-20(25)21-27-18-10-9-16(12-19(18)28-21)23(30)31-17-8-4-7-15(11-17)22(29)26-13-14-5-2-1-3-6-14/h1-12,20H,13H2,(H,26,29)(H,27,28). The van der Waals surface area contributed by atoms with Gasteiger partial charge in [0.2, 0.25) is 0 Å². The van der Waals surface area contributed by atoms with Crippen molar-refractivity contribution in [2.75, 3.05) is 0 Å². The molecule has 2 N–H and O–H groups in total. The molecule has 6 nitrogen and oxygen atoms in total. The molecule has 0 saturated heterocycles. The van der Waals surface area contributed by atoms with Gasteiger partial charge in [0.1, 0.15) is 5.75 Å². The Morgan fingerprint density at radius 1 is 0.968 bits per heavy atom. The smallest absolute Gasteiger partial charge is 0.343 e. The predicted molar refractivity (Wildman–Crippen MR) is 110 cm³/mol. The van der Waals surface area contributed by atoms with E-state index in [4.69, 9.17) is 4.74 Å². The van der Waals surface area contributed by atoms with E-state index in [1.54, 1.807) is 18.2 Å². The maximum absolute atomic E-state index is 12.8. The summed E-state index contributed by atoms with van der Waals surface area (Å²) in [6.45, 7) is 0.370. The van der Waals surface area contributed by atoms with Crippen LogP contribution in [0.5, 0.6) is 5.75 Å². The first-order chi connectivity index (χ1) is 15.0. The molecular formula is C23H17F2N3O3. The maximum atomic E-state index is 12.8. The lowest BCUT2D eigenvalue weighted by Gasteiger charge is -2.08. The molecule has 0 saturated carbocycles. The molecule has 0 fully saturated rings. The molecule has 0 aliphatic heterocycles. The number of amides is 1. The molecule has 3 aromatic carbocycles. The Morgan fingerprint density at radius 2 is 1.77 bits per heavy atom. The molecule has 1 aromatic heterocycles. The fraction of sp³-hybridized carbons (Fsp3) is 0.0870. The predicted octanol–water partition coefficient (Wildman–Crippen LogP) is 4.65. The van der Waals surface area contributed by atoms with Gasteiger partial charge >= 0.3 is 5.97 Å². The van der Waals surface area contributed by atoms with Gasteiger partial charge in [0.05, 0.1) is 16.6 Å². The Hall–Kier alpha value is -4.07. The van der Waals surface area contributed by atoms with Crippen molar-refractivity contribution in [1.82, 2.24) is 15.3 Å². The fourth-order valence-corrected chi connectivity index (χ4v) is 3.01. The average molecular weight is 421 g/mol. The summed E-state index contributed by atoms with van der Waals surface area (Å²) in [6.07, 6.45) is -2.74. The zero-order valence-corrected chi connectivity index (χ0v) is 16.1. The zero-order chi connectivity index (χ0) is 21.8. The number of carbonyl (C=O) groups excluding carboxylic acids is 2. The number of aromatic amines is 1. The topological polar surface area (TPSA) is 84.1 Å². The normalized spacial score (nSPS) is 10.9. The number of carbonyl (C=O) groups is 2. The van der Waals surface area contributed by atoms with Crippen molar-refractivity contribution >= 4 is 22.9 Å². The molecular weight excluding hydrogens is 404 g/mol. The number of H-pyrrole nitrogens is 1. The first-order valence-corrected chi connectivity index (χ1v) is 9.42. The van der Waals surface area contributed by atoms with Gasteiger partial charge in [-0.15, -0.1) is 0 Å². The van der Waals surface area contributed by atoms with Gasteiger partial charge in [-0.2, -0.15) is 0 Å². The number of nitrogens with zero attached hydrogens (tertiary/aromatic N) is 1. The van der Waals surface area contributed by atoms with Gasteiger partial charge < -0.3 is 15.0 Å². The Balaban J connectivity index is 1.45. The van der Waals surface area contributed by atoms with Crippen LogP contribution in [0.1, 0.15) is 38.5 Å². The number of alkyl halides is 2. The number of hydrogen-bond donors (Lipinski definition) is 2. The first kappa shape index (κ1) is 20.2. The average Bonchev–Trinajstić information content (AvgIpc) is 3.22.